The van der Waals surface area contributed by atoms with Gasteiger partial charge in [-0.1, -0.05) is 29.8 Å². The summed E-state index contributed by atoms with van der Waals surface area (Å²) < 4.78 is 0. The molecule has 138 valence electrons. The number of aliphatic hydroxyl groups is 1. The summed E-state index contributed by atoms with van der Waals surface area (Å²) in [5, 5.41) is 18.8. The zero-order valence-electron chi connectivity index (χ0n) is 15.1. The second kappa shape index (κ2) is 8.34. The molecule has 1 aliphatic rings. The maximum Gasteiger partial charge on any atom is 0.253 e. The fourth-order valence-electron chi connectivity index (χ4n) is 3.42. The standard InChI is InChI=1S/C21H26N2O3/c1-16-2-4-17(5-3-16)14-22-11-12-23(15-19(22)10-13-24)21(26)18-6-8-20(25)9-7-18/h2-9,19,24-25H,10-15H2,1H3/t19-/m0/s1. The number of hydrogen-bond acceptors (Lipinski definition) is 4. The molecule has 2 N–H and O–H groups in total. The predicted octanol–water partition coefficient (Wildman–Crippen LogP) is 2.41. The number of phenolic OH excluding ortho intramolecular Hbond substituents is 1. The minimum absolute atomic E-state index is 0.0251. The normalized spacial score (nSPS) is 18.1. The Kier molecular flexibility index (Phi) is 5.91. The van der Waals surface area contributed by atoms with Crippen LogP contribution in [0.15, 0.2) is 48.5 Å². The van der Waals surface area contributed by atoms with Gasteiger partial charge in [-0.25, -0.2) is 0 Å². The molecule has 2 aromatic carbocycles. The Morgan fingerprint density at radius 2 is 1.77 bits per heavy atom. The molecule has 26 heavy (non-hydrogen) atoms. The maximum atomic E-state index is 12.7. The van der Waals surface area contributed by atoms with Crippen molar-refractivity contribution in [2.75, 3.05) is 26.2 Å². The van der Waals surface area contributed by atoms with Gasteiger partial charge in [0.2, 0.25) is 0 Å². The Bertz CT molecular complexity index is 728. The van der Waals surface area contributed by atoms with Crippen LogP contribution in [0.25, 0.3) is 0 Å². The number of aliphatic hydroxyl groups excluding tert-OH is 1. The zero-order valence-corrected chi connectivity index (χ0v) is 15.1. The number of aryl methyl sites for hydroxylation is 1. The fraction of sp³-hybridized carbons (Fsp3) is 0.381. The molecular weight excluding hydrogens is 328 g/mol. The largest absolute Gasteiger partial charge is 0.508 e. The van der Waals surface area contributed by atoms with E-state index < -0.39 is 0 Å². The smallest absolute Gasteiger partial charge is 0.253 e. The van der Waals surface area contributed by atoms with Crippen molar-refractivity contribution in [1.82, 2.24) is 9.80 Å². The molecule has 1 saturated heterocycles. The SMILES string of the molecule is Cc1ccc(CN2CCN(C(=O)c3ccc(O)cc3)C[C@@H]2CCO)cc1. The van der Waals surface area contributed by atoms with Gasteiger partial charge in [0.15, 0.2) is 0 Å². The number of amides is 1. The minimum atomic E-state index is -0.0251. The van der Waals surface area contributed by atoms with E-state index in [2.05, 4.69) is 36.1 Å². The molecule has 3 rings (SSSR count). The summed E-state index contributed by atoms with van der Waals surface area (Å²) in [7, 11) is 0. The molecule has 5 nitrogen and oxygen atoms in total. The second-order valence-electron chi connectivity index (χ2n) is 6.92. The lowest BCUT2D eigenvalue weighted by Crippen LogP contribution is -2.54. The molecular formula is C21H26N2O3. The molecule has 5 heteroatoms. The van der Waals surface area contributed by atoms with Gasteiger partial charge in [-0.2, -0.15) is 0 Å². The van der Waals surface area contributed by atoms with Crippen molar-refractivity contribution in [2.24, 2.45) is 0 Å². The van der Waals surface area contributed by atoms with Crippen molar-refractivity contribution >= 4 is 5.91 Å². The van der Waals surface area contributed by atoms with Crippen LogP contribution in [0.1, 0.15) is 27.9 Å². The number of aromatic hydroxyl groups is 1. The van der Waals surface area contributed by atoms with Gasteiger partial charge in [0, 0.05) is 44.4 Å². The lowest BCUT2D eigenvalue weighted by molar-refractivity contribution is 0.0395. The number of phenols is 1. The van der Waals surface area contributed by atoms with Crippen LogP contribution in [-0.2, 0) is 6.54 Å². The number of rotatable bonds is 5. The lowest BCUT2D eigenvalue weighted by atomic mass is 10.0. The molecule has 0 radical (unpaired) electrons. The summed E-state index contributed by atoms with van der Waals surface area (Å²) in [6.07, 6.45) is 0.644. The van der Waals surface area contributed by atoms with Crippen LogP contribution in [0.4, 0.5) is 0 Å². The summed E-state index contributed by atoms with van der Waals surface area (Å²) >= 11 is 0. The number of nitrogens with zero attached hydrogens (tertiary/aromatic N) is 2. The number of carbonyl (C=O) groups is 1. The number of carbonyl (C=O) groups excluding carboxylic acids is 1. The Morgan fingerprint density at radius 3 is 2.42 bits per heavy atom. The Hall–Kier alpha value is -2.37. The van der Waals surface area contributed by atoms with E-state index in [1.54, 1.807) is 12.1 Å². The van der Waals surface area contributed by atoms with Crippen LogP contribution in [0.5, 0.6) is 5.75 Å². The average molecular weight is 354 g/mol. The van der Waals surface area contributed by atoms with Crippen molar-refractivity contribution in [3.8, 4) is 5.75 Å². The Labute approximate surface area is 154 Å². The summed E-state index contributed by atoms with van der Waals surface area (Å²) in [5.41, 5.74) is 3.07. The third kappa shape index (κ3) is 4.42. The number of hydrogen-bond donors (Lipinski definition) is 2. The highest BCUT2D eigenvalue weighted by Crippen LogP contribution is 2.19. The first-order valence-corrected chi connectivity index (χ1v) is 9.05. The molecule has 0 aromatic heterocycles. The molecule has 1 amide bonds. The molecule has 0 unspecified atom stereocenters. The molecule has 2 aromatic rings. The Morgan fingerprint density at radius 1 is 1.08 bits per heavy atom. The molecule has 0 aliphatic carbocycles. The average Bonchev–Trinajstić information content (AvgIpc) is 2.65. The third-order valence-corrected chi connectivity index (χ3v) is 4.97. The van der Waals surface area contributed by atoms with Gasteiger partial charge in [-0.05, 0) is 43.2 Å². The van der Waals surface area contributed by atoms with Crippen molar-refractivity contribution in [1.29, 1.82) is 0 Å². The molecule has 1 aliphatic heterocycles. The maximum absolute atomic E-state index is 12.7. The van der Waals surface area contributed by atoms with Gasteiger partial charge in [-0.15, -0.1) is 0 Å². The predicted molar refractivity (Wildman–Crippen MR) is 101 cm³/mol. The molecule has 0 saturated carbocycles. The lowest BCUT2D eigenvalue weighted by Gasteiger charge is -2.41. The first-order chi connectivity index (χ1) is 12.6. The van der Waals surface area contributed by atoms with E-state index in [0.29, 0.717) is 25.1 Å². The van der Waals surface area contributed by atoms with E-state index >= 15 is 0 Å². The highest BCUT2D eigenvalue weighted by Gasteiger charge is 2.29. The van der Waals surface area contributed by atoms with Crippen LogP contribution in [0.3, 0.4) is 0 Å². The molecule has 1 atom stereocenters. The van der Waals surface area contributed by atoms with Crippen molar-refractivity contribution < 1.29 is 15.0 Å². The van der Waals surface area contributed by atoms with Gasteiger partial charge < -0.3 is 15.1 Å². The summed E-state index contributed by atoms with van der Waals surface area (Å²) in [5.74, 6) is 0.130. The molecule has 0 bridgehead atoms. The highest BCUT2D eigenvalue weighted by molar-refractivity contribution is 5.94. The molecule has 0 spiro atoms. The van der Waals surface area contributed by atoms with Crippen molar-refractivity contribution in [2.45, 2.75) is 25.9 Å². The van der Waals surface area contributed by atoms with Crippen molar-refractivity contribution in [3.05, 3.63) is 65.2 Å². The molecule has 1 fully saturated rings. The van der Waals surface area contributed by atoms with E-state index in [0.717, 1.165) is 13.1 Å². The van der Waals surface area contributed by atoms with E-state index in [-0.39, 0.29) is 24.3 Å². The summed E-state index contributed by atoms with van der Waals surface area (Å²) in [4.78, 5) is 16.9. The third-order valence-electron chi connectivity index (χ3n) is 4.97. The fourth-order valence-corrected chi connectivity index (χ4v) is 3.42. The topological polar surface area (TPSA) is 64.0 Å². The first-order valence-electron chi connectivity index (χ1n) is 9.05. The van der Waals surface area contributed by atoms with Crippen molar-refractivity contribution in [3.63, 3.8) is 0 Å². The van der Waals surface area contributed by atoms with Crippen LogP contribution >= 0.6 is 0 Å². The second-order valence-corrected chi connectivity index (χ2v) is 6.92. The van der Waals surface area contributed by atoms with Gasteiger partial charge in [0.1, 0.15) is 5.75 Å². The van der Waals surface area contributed by atoms with Crippen LogP contribution in [0.2, 0.25) is 0 Å². The first kappa shape index (κ1) is 18.4. The number of piperazine rings is 1. The van der Waals surface area contributed by atoms with E-state index in [4.69, 9.17) is 0 Å². The number of benzene rings is 2. The van der Waals surface area contributed by atoms with E-state index in [1.807, 2.05) is 4.90 Å². The van der Waals surface area contributed by atoms with Gasteiger partial charge in [-0.3, -0.25) is 9.69 Å². The van der Waals surface area contributed by atoms with Gasteiger partial charge in [0.05, 0.1) is 0 Å². The van der Waals surface area contributed by atoms with Crippen LogP contribution < -0.4 is 0 Å². The minimum Gasteiger partial charge on any atom is -0.508 e. The van der Waals surface area contributed by atoms with Gasteiger partial charge in [0.25, 0.3) is 5.91 Å². The summed E-state index contributed by atoms with van der Waals surface area (Å²) in [6.45, 7) is 5.05. The Balaban J connectivity index is 1.67. The van der Waals surface area contributed by atoms with E-state index in [1.165, 1.54) is 23.3 Å². The zero-order chi connectivity index (χ0) is 18.5. The highest BCUT2D eigenvalue weighted by atomic mass is 16.3. The quantitative estimate of drug-likeness (QED) is 0.865. The monoisotopic (exact) mass is 354 g/mol. The van der Waals surface area contributed by atoms with Crippen LogP contribution in [0, 0.1) is 6.92 Å². The van der Waals surface area contributed by atoms with Gasteiger partial charge >= 0.3 is 0 Å². The molecule has 1 heterocycles. The summed E-state index contributed by atoms with van der Waals surface area (Å²) in [6, 6.07) is 15.0. The van der Waals surface area contributed by atoms with E-state index in [9.17, 15) is 15.0 Å². The van der Waals surface area contributed by atoms with Crippen LogP contribution in [-0.4, -0.2) is 58.2 Å².